The molecule has 158 valence electrons. The summed E-state index contributed by atoms with van der Waals surface area (Å²) in [6.07, 6.45) is 0. The van der Waals surface area contributed by atoms with Gasteiger partial charge in [0.05, 0.1) is 30.0 Å². The van der Waals surface area contributed by atoms with Crippen molar-refractivity contribution in [2.45, 2.75) is 12.6 Å². The molecule has 0 aliphatic rings. The molecule has 2 aromatic heterocycles. The maximum absolute atomic E-state index is 13.3. The maximum atomic E-state index is 13.3. The van der Waals surface area contributed by atoms with Crippen LogP contribution in [-0.4, -0.2) is 34.4 Å². The van der Waals surface area contributed by atoms with Gasteiger partial charge in [-0.05, 0) is 48.3 Å². The van der Waals surface area contributed by atoms with E-state index >= 15 is 0 Å². The van der Waals surface area contributed by atoms with Crippen molar-refractivity contribution in [1.29, 1.82) is 0 Å². The molecule has 0 bridgehead atoms. The fourth-order valence-electron chi connectivity index (χ4n) is 3.40. The Morgan fingerprint density at radius 3 is 2.68 bits per heavy atom. The number of halogens is 1. The highest BCUT2D eigenvalue weighted by atomic mass is 32.1. The van der Waals surface area contributed by atoms with Gasteiger partial charge in [-0.25, -0.2) is 9.37 Å². The Bertz CT molecular complexity index is 1240. The lowest BCUT2D eigenvalue weighted by Gasteiger charge is -2.21. The minimum atomic E-state index is -0.361. The lowest BCUT2D eigenvalue weighted by atomic mass is 10.1. The molecule has 0 aliphatic heterocycles. The number of fused-ring (bicyclic) bond motifs is 1. The molecule has 0 saturated carbocycles. The van der Waals surface area contributed by atoms with Gasteiger partial charge >= 0.3 is 0 Å². The third-order valence-electron chi connectivity index (χ3n) is 4.83. The van der Waals surface area contributed by atoms with E-state index in [9.17, 15) is 14.0 Å². The standard InChI is InChI=1S/C23H21FN4O2S/c1-28(13-20-25-18-6-3-2-5-17(18)23(30)26-20)14-21(29)27-22(19-7-4-12-31-19)15-8-10-16(24)11-9-15/h2-12,22H,13-14H2,1H3,(H,27,29)(H,25,26,30)/t22-/m1/s1. The number of aromatic nitrogens is 2. The van der Waals surface area contributed by atoms with E-state index in [1.165, 1.54) is 23.5 Å². The fourth-order valence-corrected chi connectivity index (χ4v) is 4.21. The first kappa shape index (κ1) is 20.9. The van der Waals surface area contributed by atoms with E-state index in [0.717, 1.165) is 10.4 Å². The molecule has 31 heavy (non-hydrogen) atoms. The summed E-state index contributed by atoms with van der Waals surface area (Å²) in [6, 6.07) is 16.7. The van der Waals surface area contributed by atoms with Gasteiger partial charge < -0.3 is 10.3 Å². The molecular weight excluding hydrogens is 415 g/mol. The highest BCUT2D eigenvalue weighted by molar-refractivity contribution is 7.10. The second-order valence-corrected chi connectivity index (χ2v) is 8.25. The van der Waals surface area contributed by atoms with E-state index in [-0.39, 0.29) is 29.9 Å². The number of hydrogen-bond donors (Lipinski definition) is 2. The van der Waals surface area contributed by atoms with Crippen LogP contribution in [0.1, 0.15) is 22.3 Å². The molecule has 0 radical (unpaired) electrons. The first-order chi connectivity index (χ1) is 15.0. The topological polar surface area (TPSA) is 78.1 Å². The van der Waals surface area contributed by atoms with Crippen molar-refractivity contribution in [3.63, 3.8) is 0 Å². The van der Waals surface area contributed by atoms with Crippen molar-refractivity contribution in [3.05, 3.63) is 98.5 Å². The fraction of sp³-hybridized carbons (Fsp3) is 0.174. The molecule has 2 aromatic carbocycles. The molecule has 0 spiro atoms. The first-order valence-electron chi connectivity index (χ1n) is 9.74. The van der Waals surface area contributed by atoms with Crippen molar-refractivity contribution in [2.75, 3.05) is 13.6 Å². The number of carbonyl (C=O) groups is 1. The van der Waals surface area contributed by atoms with Gasteiger partial charge in [0.25, 0.3) is 5.56 Å². The van der Waals surface area contributed by atoms with E-state index in [1.54, 1.807) is 42.3 Å². The van der Waals surface area contributed by atoms with Gasteiger partial charge in [0.2, 0.25) is 5.91 Å². The summed E-state index contributed by atoms with van der Waals surface area (Å²) in [5.74, 6) is -0.0164. The molecule has 2 heterocycles. The number of rotatable bonds is 7. The SMILES string of the molecule is CN(CC(=O)N[C@H](c1ccc(F)cc1)c1cccs1)Cc1nc2ccccc2c(=O)[nH]1. The second kappa shape index (κ2) is 9.20. The van der Waals surface area contributed by atoms with Crippen LogP contribution in [0.3, 0.4) is 0 Å². The molecule has 1 amide bonds. The molecule has 0 aliphatic carbocycles. The largest absolute Gasteiger partial charge is 0.343 e. The first-order valence-corrected chi connectivity index (χ1v) is 10.6. The quantitative estimate of drug-likeness (QED) is 0.465. The Morgan fingerprint density at radius 2 is 1.94 bits per heavy atom. The Balaban J connectivity index is 1.45. The number of aromatic amines is 1. The lowest BCUT2D eigenvalue weighted by Crippen LogP contribution is -2.37. The monoisotopic (exact) mass is 436 g/mol. The zero-order chi connectivity index (χ0) is 21.8. The molecule has 2 N–H and O–H groups in total. The van der Waals surface area contributed by atoms with Gasteiger partial charge in [0, 0.05) is 4.88 Å². The minimum absolute atomic E-state index is 0.111. The molecule has 0 fully saturated rings. The van der Waals surface area contributed by atoms with E-state index in [0.29, 0.717) is 23.3 Å². The van der Waals surface area contributed by atoms with E-state index in [1.807, 2.05) is 23.6 Å². The smallest absolute Gasteiger partial charge is 0.258 e. The Kier molecular flexibility index (Phi) is 6.20. The Hall–Kier alpha value is -3.36. The number of benzene rings is 2. The van der Waals surface area contributed by atoms with Crippen LogP contribution in [0.25, 0.3) is 10.9 Å². The summed E-state index contributed by atoms with van der Waals surface area (Å²) < 4.78 is 13.3. The van der Waals surface area contributed by atoms with Crippen LogP contribution in [0.4, 0.5) is 4.39 Å². The summed E-state index contributed by atoms with van der Waals surface area (Å²) in [4.78, 5) is 35.0. The van der Waals surface area contributed by atoms with Crippen LogP contribution in [0, 0.1) is 5.82 Å². The van der Waals surface area contributed by atoms with Crippen LogP contribution in [0.5, 0.6) is 0 Å². The molecule has 4 rings (SSSR count). The van der Waals surface area contributed by atoms with Gasteiger partial charge in [0.1, 0.15) is 11.6 Å². The van der Waals surface area contributed by atoms with E-state index in [4.69, 9.17) is 0 Å². The van der Waals surface area contributed by atoms with Crippen molar-refractivity contribution in [1.82, 2.24) is 20.2 Å². The maximum Gasteiger partial charge on any atom is 0.258 e. The van der Waals surface area contributed by atoms with Crippen molar-refractivity contribution in [2.24, 2.45) is 0 Å². The van der Waals surface area contributed by atoms with Crippen molar-refractivity contribution < 1.29 is 9.18 Å². The van der Waals surface area contributed by atoms with Gasteiger partial charge in [-0.15, -0.1) is 11.3 Å². The number of nitrogens with one attached hydrogen (secondary N) is 2. The van der Waals surface area contributed by atoms with Crippen LogP contribution < -0.4 is 10.9 Å². The molecule has 0 unspecified atom stereocenters. The van der Waals surface area contributed by atoms with E-state index < -0.39 is 0 Å². The normalized spacial score (nSPS) is 12.2. The van der Waals surface area contributed by atoms with Crippen molar-refractivity contribution >= 4 is 28.1 Å². The molecule has 4 aromatic rings. The zero-order valence-corrected chi connectivity index (χ0v) is 17.7. The summed E-state index contributed by atoms with van der Waals surface area (Å²) in [5, 5.41) is 5.50. The van der Waals surface area contributed by atoms with Gasteiger partial charge in [0.15, 0.2) is 0 Å². The number of thiophene rings is 1. The Morgan fingerprint density at radius 1 is 1.16 bits per heavy atom. The number of carbonyl (C=O) groups excluding carboxylic acids is 1. The number of para-hydroxylation sites is 1. The van der Waals surface area contributed by atoms with Crippen LogP contribution in [-0.2, 0) is 11.3 Å². The lowest BCUT2D eigenvalue weighted by molar-refractivity contribution is -0.122. The molecule has 1 atom stereocenters. The van der Waals surface area contributed by atoms with Crippen LogP contribution >= 0.6 is 11.3 Å². The molecule has 8 heteroatoms. The highest BCUT2D eigenvalue weighted by Crippen LogP contribution is 2.26. The predicted molar refractivity (Wildman–Crippen MR) is 119 cm³/mol. The van der Waals surface area contributed by atoms with Crippen molar-refractivity contribution in [3.8, 4) is 0 Å². The van der Waals surface area contributed by atoms with Crippen LogP contribution in [0.15, 0.2) is 70.8 Å². The minimum Gasteiger partial charge on any atom is -0.343 e. The molecule has 6 nitrogen and oxygen atoms in total. The zero-order valence-electron chi connectivity index (χ0n) is 16.8. The third kappa shape index (κ3) is 5.04. The molecule has 0 saturated heterocycles. The van der Waals surface area contributed by atoms with Gasteiger partial charge in [-0.1, -0.05) is 30.3 Å². The predicted octanol–water partition coefficient (Wildman–Crippen LogP) is 3.46. The van der Waals surface area contributed by atoms with Crippen LogP contribution in [0.2, 0.25) is 0 Å². The summed E-state index contributed by atoms with van der Waals surface area (Å²) >= 11 is 1.52. The average Bonchev–Trinajstić information content (AvgIpc) is 3.27. The number of H-pyrrole nitrogens is 1. The Labute approximate surface area is 182 Å². The van der Waals surface area contributed by atoms with Gasteiger partial charge in [-0.2, -0.15) is 0 Å². The number of amides is 1. The average molecular weight is 437 g/mol. The third-order valence-corrected chi connectivity index (χ3v) is 5.77. The van der Waals surface area contributed by atoms with Gasteiger partial charge in [-0.3, -0.25) is 14.5 Å². The summed E-state index contributed by atoms with van der Waals surface area (Å²) in [7, 11) is 1.78. The second-order valence-electron chi connectivity index (χ2n) is 7.27. The summed E-state index contributed by atoms with van der Waals surface area (Å²) in [6.45, 7) is 0.424. The molecular formula is C23H21FN4O2S. The van der Waals surface area contributed by atoms with E-state index in [2.05, 4.69) is 15.3 Å². The number of nitrogens with zero attached hydrogens (tertiary/aromatic N) is 2. The summed E-state index contributed by atoms with van der Waals surface area (Å²) in [5.41, 5.74) is 1.22. The highest BCUT2D eigenvalue weighted by Gasteiger charge is 2.19. The number of hydrogen-bond acceptors (Lipinski definition) is 5. The number of likely N-dealkylation sites (N-methyl/N-ethyl adjacent to an activating group) is 1.